The van der Waals surface area contributed by atoms with Gasteiger partial charge in [-0.05, 0) is 19.3 Å². The van der Waals surface area contributed by atoms with Gasteiger partial charge < -0.3 is 16.0 Å². The molecule has 0 saturated carbocycles. The zero-order valence-electron chi connectivity index (χ0n) is 12.3. The highest BCUT2D eigenvalue weighted by Crippen LogP contribution is 2.08. The van der Waals surface area contributed by atoms with Gasteiger partial charge in [0.2, 0.25) is 5.91 Å². The first-order valence-corrected chi connectivity index (χ1v) is 6.48. The third-order valence-corrected chi connectivity index (χ3v) is 2.72. The van der Waals surface area contributed by atoms with Crippen LogP contribution in [0.4, 0.5) is 4.79 Å². The van der Waals surface area contributed by atoms with Crippen molar-refractivity contribution in [3.63, 3.8) is 0 Å². The fourth-order valence-corrected chi connectivity index (χ4v) is 1.88. The Labute approximate surface area is 118 Å². The number of rotatable bonds is 6. The quantitative estimate of drug-likeness (QED) is 0.688. The van der Waals surface area contributed by atoms with Crippen LogP contribution in [0.15, 0.2) is 0 Å². The van der Waals surface area contributed by atoms with Crippen molar-refractivity contribution >= 4 is 11.9 Å². The molecule has 0 bridgehead atoms. The molecule has 0 aliphatic carbocycles. The Morgan fingerprint density at radius 1 is 1.45 bits per heavy atom. The van der Waals surface area contributed by atoms with Crippen LogP contribution in [0.5, 0.6) is 0 Å². The second kappa shape index (κ2) is 6.88. The van der Waals surface area contributed by atoms with Crippen molar-refractivity contribution in [2.45, 2.75) is 39.8 Å². The number of aromatic amines is 1. The van der Waals surface area contributed by atoms with Gasteiger partial charge in [0.1, 0.15) is 11.9 Å². The second-order valence-corrected chi connectivity index (χ2v) is 5.22. The number of aryl methyl sites for hydroxylation is 1. The van der Waals surface area contributed by atoms with Gasteiger partial charge in [-0.25, -0.2) is 9.78 Å². The molecule has 1 heterocycles. The maximum absolute atomic E-state index is 12.3. The average Bonchev–Trinajstić information content (AvgIpc) is 2.71. The molecule has 0 saturated heterocycles. The molecule has 1 rings (SSSR count). The number of carbonyl (C=O) groups is 2. The number of hydrogen-bond donors (Lipinski definition) is 3. The number of H-pyrrole nitrogens is 1. The lowest BCUT2D eigenvalue weighted by Crippen LogP contribution is -2.49. The van der Waals surface area contributed by atoms with E-state index >= 15 is 0 Å². The molecule has 1 aromatic rings. The van der Waals surface area contributed by atoms with Crippen molar-refractivity contribution < 1.29 is 9.59 Å². The lowest BCUT2D eigenvalue weighted by molar-refractivity contribution is -0.132. The van der Waals surface area contributed by atoms with Crippen LogP contribution in [-0.2, 0) is 11.3 Å². The van der Waals surface area contributed by atoms with Crippen molar-refractivity contribution in [1.29, 1.82) is 0 Å². The summed E-state index contributed by atoms with van der Waals surface area (Å²) in [6.45, 7) is 6.01. The lowest BCUT2D eigenvalue weighted by atomic mass is 10.0. The molecule has 1 aromatic heterocycles. The molecule has 0 aromatic carbocycles. The number of urea groups is 1. The highest BCUT2D eigenvalue weighted by Gasteiger charge is 2.24. The SMILES string of the molecule is Cc1nc(CN(C)C(=O)C(CC(C)C)NC(N)=O)n[nH]1. The van der Waals surface area contributed by atoms with Gasteiger partial charge in [-0.1, -0.05) is 13.8 Å². The standard InChI is InChI=1S/C12H22N6O2/c1-7(2)5-9(15-12(13)20)11(19)18(4)6-10-14-8(3)16-17-10/h7,9H,5-6H2,1-4H3,(H3,13,15,20)(H,14,16,17). The van der Waals surface area contributed by atoms with E-state index < -0.39 is 12.1 Å². The lowest BCUT2D eigenvalue weighted by Gasteiger charge is -2.24. The first-order valence-electron chi connectivity index (χ1n) is 6.48. The molecule has 1 atom stereocenters. The summed E-state index contributed by atoms with van der Waals surface area (Å²) in [4.78, 5) is 28.9. The maximum atomic E-state index is 12.3. The van der Waals surface area contributed by atoms with E-state index in [1.54, 1.807) is 14.0 Å². The molecular weight excluding hydrogens is 260 g/mol. The Balaban J connectivity index is 2.69. The predicted octanol–water partition coefficient (Wildman–Crippen LogP) is 0.155. The molecule has 20 heavy (non-hydrogen) atoms. The average molecular weight is 282 g/mol. The van der Waals surface area contributed by atoms with Crippen LogP contribution < -0.4 is 11.1 Å². The number of amides is 3. The van der Waals surface area contributed by atoms with Crippen molar-refractivity contribution in [3.05, 3.63) is 11.6 Å². The van der Waals surface area contributed by atoms with Gasteiger partial charge >= 0.3 is 6.03 Å². The molecule has 112 valence electrons. The first-order chi connectivity index (χ1) is 9.29. The highest BCUT2D eigenvalue weighted by atomic mass is 16.2. The van der Waals surface area contributed by atoms with Crippen LogP contribution >= 0.6 is 0 Å². The molecule has 0 fully saturated rings. The zero-order chi connectivity index (χ0) is 15.3. The Bertz CT molecular complexity index is 470. The molecule has 0 aliphatic heterocycles. The van der Waals surface area contributed by atoms with Gasteiger partial charge in [-0.2, -0.15) is 5.10 Å². The topological polar surface area (TPSA) is 117 Å². The molecular formula is C12H22N6O2. The largest absolute Gasteiger partial charge is 0.352 e. The summed E-state index contributed by atoms with van der Waals surface area (Å²) in [5.74, 6) is 1.27. The van der Waals surface area contributed by atoms with Gasteiger partial charge in [-0.15, -0.1) is 0 Å². The van der Waals surface area contributed by atoms with Crippen LogP contribution in [0.2, 0.25) is 0 Å². The fraction of sp³-hybridized carbons (Fsp3) is 0.667. The van der Waals surface area contributed by atoms with Gasteiger partial charge in [0.05, 0.1) is 6.54 Å². The number of hydrogen-bond acceptors (Lipinski definition) is 4. The summed E-state index contributed by atoms with van der Waals surface area (Å²) < 4.78 is 0. The Kier molecular flexibility index (Phi) is 5.48. The van der Waals surface area contributed by atoms with Gasteiger partial charge in [0.25, 0.3) is 0 Å². The summed E-state index contributed by atoms with van der Waals surface area (Å²) in [7, 11) is 1.64. The number of nitrogens with one attached hydrogen (secondary N) is 2. The van der Waals surface area contributed by atoms with Gasteiger partial charge in [0, 0.05) is 7.05 Å². The van der Waals surface area contributed by atoms with Crippen LogP contribution in [0.3, 0.4) is 0 Å². The predicted molar refractivity (Wildman–Crippen MR) is 73.6 cm³/mol. The Hall–Kier alpha value is -2.12. The summed E-state index contributed by atoms with van der Waals surface area (Å²) in [6, 6.07) is -1.33. The number of primary amides is 1. The smallest absolute Gasteiger partial charge is 0.312 e. The van der Waals surface area contributed by atoms with Crippen LogP contribution in [0.1, 0.15) is 31.9 Å². The van der Waals surface area contributed by atoms with E-state index in [0.29, 0.717) is 18.1 Å². The van der Waals surface area contributed by atoms with E-state index in [-0.39, 0.29) is 18.4 Å². The van der Waals surface area contributed by atoms with Gasteiger partial charge in [-0.3, -0.25) is 9.89 Å². The molecule has 8 heteroatoms. The van der Waals surface area contributed by atoms with Crippen molar-refractivity contribution in [1.82, 2.24) is 25.4 Å². The first kappa shape index (κ1) is 15.9. The molecule has 0 radical (unpaired) electrons. The summed E-state index contributed by atoms with van der Waals surface area (Å²) >= 11 is 0. The number of aromatic nitrogens is 3. The normalized spacial score (nSPS) is 12.2. The van der Waals surface area contributed by atoms with E-state index in [1.165, 1.54) is 4.90 Å². The van der Waals surface area contributed by atoms with Crippen molar-refractivity contribution in [2.75, 3.05) is 7.05 Å². The van der Waals surface area contributed by atoms with Gasteiger partial charge in [0.15, 0.2) is 5.82 Å². The highest BCUT2D eigenvalue weighted by molar-refractivity contribution is 5.86. The van der Waals surface area contributed by atoms with Crippen LogP contribution in [-0.4, -0.2) is 45.1 Å². The fourth-order valence-electron chi connectivity index (χ4n) is 1.88. The monoisotopic (exact) mass is 282 g/mol. The minimum atomic E-state index is -0.703. The van der Waals surface area contributed by atoms with E-state index in [1.807, 2.05) is 13.8 Å². The van der Waals surface area contributed by atoms with Crippen LogP contribution in [0.25, 0.3) is 0 Å². The molecule has 4 N–H and O–H groups in total. The Morgan fingerprint density at radius 3 is 2.55 bits per heavy atom. The molecule has 1 unspecified atom stereocenters. The maximum Gasteiger partial charge on any atom is 0.312 e. The van der Waals surface area contributed by atoms with E-state index in [9.17, 15) is 9.59 Å². The third-order valence-electron chi connectivity index (χ3n) is 2.72. The van der Waals surface area contributed by atoms with E-state index in [2.05, 4.69) is 20.5 Å². The number of carbonyl (C=O) groups excluding carboxylic acids is 2. The van der Waals surface area contributed by atoms with E-state index in [0.717, 1.165) is 0 Å². The molecule has 8 nitrogen and oxygen atoms in total. The van der Waals surface area contributed by atoms with Crippen molar-refractivity contribution in [2.24, 2.45) is 11.7 Å². The second-order valence-electron chi connectivity index (χ2n) is 5.22. The molecule has 3 amide bonds. The number of nitrogens with zero attached hydrogens (tertiary/aromatic N) is 3. The molecule has 0 spiro atoms. The minimum Gasteiger partial charge on any atom is -0.352 e. The molecule has 0 aliphatic rings. The van der Waals surface area contributed by atoms with Crippen molar-refractivity contribution in [3.8, 4) is 0 Å². The zero-order valence-corrected chi connectivity index (χ0v) is 12.3. The third kappa shape index (κ3) is 4.87. The summed E-state index contributed by atoms with van der Waals surface area (Å²) in [6.07, 6.45) is 0.527. The number of nitrogens with two attached hydrogens (primary N) is 1. The summed E-state index contributed by atoms with van der Waals surface area (Å²) in [5.41, 5.74) is 5.11. The number of likely N-dealkylation sites (N-methyl/N-ethyl adjacent to an activating group) is 1. The van der Waals surface area contributed by atoms with Crippen LogP contribution in [0, 0.1) is 12.8 Å². The summed E-state index contributed by atoms with van der Waals surface area (Å²) in [5, 5.41) is 9.18. The van der Waals surface area contributed by atoms with E-state index in [4.69, 9.17) is 5.73 Å². The Morgan fingerprint density at radius 2 is 2.10 bits per heavy atom. The minimum absolute atomic E-state index is 0.208.